The second-order valence-electron chi connectivity index (χ2n) is 19.0. The van der Waals surface area contributed by atoms with Crippen molar-refractivity contribution in [3.8, 4) is 22.4 Å². The average molecular weight is 917 g/mol. The van der Waals surface area contributed by atoms with Gasteiger partial charge in [-0.25, -0.2) is 14.8 Å². The Kier molecular flexibility index (Phi) is 13.6. The lowest BCUT2D eigenvalue weighted by Crippen LogP contribution is -2.52. The molecule has 6 aromatic rings. The van der Waals surface area contributed by atoms with E-state index in [4.69, 9.17) is 19.4 Å². The molecule has 1 aliphatic heterocycles. The van der Waals surface area contributed by atoms with Gasteiger partial charge in [-0.05, 0) is 82.9 Å². The number of aromatic amines is 2. The number of ether oxygens (including phenoxy) is 2. The molecule has 5 atom stereocenters. The summed E-state index contributed by atoms with van der Waals surface area (Å²) in [5.74, 6) is 1.08. The zero-order chi connectivity index (χ0) is 47.5. The van der Waals surface area contributed by atoms with Gasteiger partial charge in [0.15, 0.2) is 0 Å². The van der Waals surface area contributed by atoms with Gasteiger partial charge in [0.2, 0.25) is 11.8 Å². The van der Waals surface area contributed by atoms with Crippen LogP contribution in [-0.2, 0) is 30.4 Å². The number of nitrogens with one attached hydrogen (secondary N) is 4. The van der Waals surface area contributed by atoms with Crippen molar-refractivity contribution < 1.29 is 28.7 Å². The van der Waals surface area contributed by atoms with Crippen molar-refractivity contribution in [1.82, 2.24) is 40.4 Å². The maximum absolute atomic E-state index is 14.3. The van der Waals surface area contributed by atoms with Gasteiger partial charge < -0.3 is 39.9 Å². The zero-order valence-corrected chi connectivity index (χ0v) is 39.2. The number of carbonyl (C=O) groups excluding carboxylic acids is 4. The van der Waals surface area contributed by atoms with E-state index in [1.54, 1.807) is 16.0 Å². The summed E-state index contributed by atoms with van der Waals surface area (Å²) in [7, 11) is 1.29. The summed E-state index contributed by atoms with van der Waals surface area (Å²) in [4.78, 5) is 73.9. The Bertz CT molecular complexity index is 2850. The number of alkyl carbamates (subject to hydrolysis) is 1. The summed E-state index contributed by atoms with van der Waals surface area (Å²) >= 11 is 0. The van der Waals surface area contributed by atoms with Crippen LogP contribution in [0.15, 0.2) is 115 Å². The number of likely N-dealkylation sites (tertiary alicyclic amines) is 1. The van der Waals surface area contributed by atoms with Crippen molar-refractivity contribution in [2.75, 3.05) is 33.4 Å². The third-order valence-electron chi connectivity index (χ3n) is 13.3. The lowest BCUT2D eigenvalue weighted by molar-refractivity contribution is -0.137. The van der Waals surface area contributed by atoms with E-state index in [0.717, 1.165) is 74.6 Å². The highest BCUT2D eigenvalue weighted by molar-refractivity contribution is 6.05. The summed E-state index contributed by atoms with van der Waals surface area (Å²) in [6.45, 7) is 12.5. The van der Waals surface area contributed by atoms with Crippen LogP contribution in [0, 0.1) is 23.7 Å². The molecular formula is C54H60N8O6. The molecule has 2 aliphatic carbocycles. The molecule has 14 nitrogen and oxygen atoms in total. The van der Waals surface area contributed by atoms with Gasteiger partial charge >= 0.3 is 6.09 Å². The van der Waals surface area contributed by atoms with E-state index >= 15 is 0 Å². The number of methoxy groups -OCH3 is 1. The molecule has 0 radical (unpaired) electrons. The SMILES string of the molecule is C=C1CCN(C(=O)[C@H](NC(=O)C2CC2)c2ccccc2)[C@@H]1c1ncc(-c2ccc(-c3ccc4c(ccc5[nH]c(CN(C[C@H](C)COCC6C=CC6)C(=O)[C@@H](NC(=O)OC)C(C)C)nc54)c3)cc2)[nH]1. The number of amides is 4. The van der Waals surface area contributed by atoms with E-state index in [1.165, 1.54) is 7.11 Å². The second kappa shape index (κ2) is 20.0. The van der Waals surface area contributed by atoms with Crippen molar-refractivity contribution >= 4 is 45.6 Å². The first-order valence-corrected chi connectivity index (χ1v) is 23.7. The van der Waals surface area contributed by atoms with Gasteiger partial charge in [-0.2, -0.15) is 0 Å². The fraction of sp³-hybridized carbons (Fsp3) is 0.370. The maximum Gasteiger partial charge on any atom is 0.407 e. The third kappa shape index (κ3) is 10.1. The Morgan fingerprint density at radius 3 is 2.38 bits per heavy atom. The van der Waals surface area contributed by atoms with Crippen molar-refractivity contribution in [2.24, 2.45) is 23.7 Å². The van der Waals surface area contributed by atoms with Crippen molar-refractivity contribution in [3.05, 3.63) is 133 Å². The topological polar surface area (TPSA) is 175 Å². The Morgan fingerprint density at radius 1 is 0.926 bits per heavy atom. The highest BCUT2D eigenvalue weighted by atomic mass is 16.5. The summed E-state index contributed by atoms with van der Waals surface area (Å²) in [6, 6.07) is 26.1. The second-order valence-corrected chi connectivity index (χ2v) is 19.0. The van der Waals surface area contributed by atoms with E-state index in [1.807, 2.05) is 50.2 Å². The van der Waals surface area contributed by atoms with Crippen LogP contribution in [0.2, 0.25) is 0 Å². The quantitative estimate of drug-likeness (QED) is 0.0619. The molecule has 1 saturated heterocycles. The van der Waals surface area contributed by atoms with Crippen molar-refractivity contribution in [3.63, 3.8) is 0 Å². The van der Waals surface area contributed by atoms with Gasteiger partial charge in [-0.3, -0.25) is 14.4 Å². The number of hydrogen-bond donors (Lipinski definition) is 4. The summed E-state index contributed by atoms with van der Waals surface area (Å²) < 4.78 is 10.9. The molecular weight excluding hydrogens is 857 g/mol. The monoisotopic (exact) mass is 916 g/mol. The molecule has 68 heavy (non-hydrogen) atoms. The van der Waals surface area contributed by atoms with Crippen LogP contribution in [-0.4, -0.2) is 93.0 Å². The molecule has 0 bridgehead atoms. The lowest BCUT2D eigenvalue weighted by atomic mass is 9.96. The largest absolute Gasteiger partial charge is 0.453 e. The Hall–Kier alpha value is -7.06. The smallest absolute Gasteiger partial charge is 0.407 e. The molecule has 3 aliphatic rings. The van der Waals surface area contributed by atoms with Crippen LogP contribution >= 0.6 is 0 Å². The number of aromatic nitrogens is 4. The van der Waals surface area contributed by atoms with Crippen molar-refractivity contribution in [1.29, 1.82) is 0 Å². The summed E-state index contributed by atoms with van der Waals surface area (Å²) in [5, 5.41) is 7.78. The van der Waals surface area contributed by atoms with E-state index in [-0.39, 0.29) is 42.0 Å². The lowest BCUT2D eigenvalue weighted by Gasteiger charge is -2.31. The molecule has 0 spiro atoms. The van der Waals surface area contributed by atoms with Crippen LogP contribution in [0.25, 0.3) is 44.2 Å². The first-order valence-electron chi connectivity index (χ1n) is 23.7. The molecule has 1 saturated carbocycles. The number of H-pyrrole nitrogens is 2. The molecule has 352 valence electrons. The molecule has 4 amide bonds. The minimum Gasteiger partial charge on any atom is -0.453 e. The normalized spacial score (nSPS) is 18.1. The average Bonchev–Trinajstić information content (AvgIpc) is 3.73. The highest BCUT2D eigenvalue weighted by Crippen LogP contribution is 2.38. The molecule has 9 rings (SSSR count). The molecule has 2 aromatic heterocycles. The van der Waals surface area contributed by atoms with Crippen LogP contribution in [0.5, 0.6) is 0 Å². The fourth-order valence-electron chi connectivity index (χ4n) is 9.22. The van der Waals surface area contributed by atoms with E-state index < -0.39 is 24.2 Å². The molecule has 14 heteroatoms. The fourth-order valence-corrected chi connectivity index (χ4v) is 9.22. The maximum atomic E-state index is 14.3. The number of hydrogen-bond acceptors (Lipinski definition) is 8. The minimum absolute atomic E-state index is 0.0302. The van der Waals surface area contributed by atoms with Crippen LogP contribution in [0.3, 0.4) is 0 Å². The zero-order valence-electron chi connectivity index (χ0n) is 39.2. The molecule has 4 N–H and O–H groups in total. The van der Waals surface area contributed by atoms with Gasteiger partial charge in [0, 0.05) is 30.3 Å². The Balaban J connectivity index is 0.902. The highest BCUT2D eigenvalue weighted by Gasteiger charge is 2.40. The van der Waals surface area contributed by atoms with Crippen LogP contribution < -0.4 is 10.6 Å². The number of fused-ring (bicyclic) bond motifs is 3. The summed E-state index contributed by atoms with van der Waals surface area (Å²) in [5.41, 5.74) is 7.15. The Labute approximate surface area is 396 Å². The predicted octanol–water partition coefficient (Wildman–Crippen LogP) is 8.81. The number of rotatable bonds is 18. The molecule has 4 aromatic carbocycles. The Morgan fingerprint density at radius 2 is 1.68 bits per heavy atom. The first-order chi connectivity index (χ1) is 32.9. The van der Waals surface area contributed by atoms with E-state index in [2.05, 4.69) is 94.8 Å². The molecule has 2 fully saturated rings. The number of allylic oxidation sites excluding steroid dienone is 1. The van der Waals surface area contributed by atoms with Crippen molar-refractivity contribution in [2.45, 2.75) is 71.1 Å². The number of imidazole rings is 2. The van der Waals surface area contributed by atoms with E-state index in [0.29, 0.717) is 50.3 Å². The number of carbonyl (C=O) groups is 4. The van der Waals surface area contributed by atoms with Gasteiger partial charge in [0.25, 0.3) is 5.91 Å². The third-order valence-corrected chi connectivity index (χ3v) is 13.3. The molecule has 3 heterocycles. The minimum atomic E-state index is -0.795. The van der Waals surface area contributed by atoms with Crippen LogP contribution in [0.1, 0.15) is 75.8 Å². The van der Waals surface area contributed by atoms with Gasteiger partial charge in [0.05, 0.1) is 49.8 Å². The number of nitrogens with zero attached hydrogens (tertiary/aromatic N) is 4. The van der Waals surface area contributed by atoms with Gasteiger partial charge in [-0.1, -0.05) is 112 Å². The number of benzene rings is 4. The van der Waals surface area contributed by atoms with Gasteiger partial charge in [-0.15, -0.1) is 0 Å². The standard InChI is InChI=1S/C54H60N8O6/c1-32(2)46(60-54(66)67-5)52(64)61(28-33(3)30-68-31-35-10-9-11-35)29-45-56-43-23-21-41-26-40(20-22-42(41)48(43)58-45)36-14-16-37(17-15-36)44-27-55-50(57-44)49-34(4)24-25-62(49)53(65)47(38-12-7-6-8-13-38)59-51(63)39-18-19-39/h6-10,12-17,20-23,26-27,32-33,35,39,46-47,49H,4,11,18-19,24-25,28-31H2,1-3,5H3,(H,55,57)(H,56,58)(H,59,63)(H,60,66)/t33-,35?,46-,47+,49-/m0/s1. The van der Waals surface area contributed by atoms with Crippen LogP contribution in [0.4, 0.5) is 4.79 Å². The van der Waals surface area contributed by atoms with Gasteiger partial charge in [0.1, 0.15) is 29.8 Å². The van der Waals surface area contributed by atoms with E-state index in [9.17, 15) is 19.2 Å². The molecule has 1 unspecified atom stereocenters. The predicted molar refractivity (Wildman–Crippen MR) is 262 cm³/mol. The summed E-state index contributed by atoms with van der Waals surface area (Å²) in [6.07, 6.45) is 8.81. The first kappa shape index (κ1) is 46.1.